The Morgan fingerprint density at radius 1 is 1.18 bits per heavy atom. The maximum atomic E-state index is 13.1. The number of hydrogen-bond donors (Lipinski definition) is 1. The van der Waals surface area contributed by atoms with E-state index in [4.69, 9.17) is 9.57 Å². The van der Waals surface area contributed by atoms with Crippen LogP contribution in [0, 0.1) is 23.7 Å². The molecule has 212 valence electrons. The van der Waals surface area contributed by atoms with Gasteiger partial charge in [-0.25, -0.2) is 0 Å². The zero-order valence-electron chi connectivity index (χ0n) is 23.8. The Morgan fingerprint density at radius 2 is 1.88 bits per heavy atom. The molecule has 6 unspecified atom stereocenters. The molecule has 0 aliphatic heterocycles. The van der Waals surface area contributed by atoms with Gasteiger partial charge in [-0.05, 0) is 48.8 Å². The molecule has 1 saturated carbocycles. The number of rotatable bonds is 13. The van der Waals surface area contributed by atoms with Crippen LogP contribution in [0.5, 0.6) is 0 Å². The van der Waals surface area contributed by atoms with E-state index in [0.717, 1.165) is 5.56 Å². The molecule has 1 N–H and O–H groups in total. The van der Waals surface area contributed by atoms with Crippen molar-refractivity contribution in [1.82, 2.24) is 0 Å². The average Bonchev–Trinajstić information content (AvgIpc) is 2.89. The van der Waals surface area contributed by atoms with E-state index in [1.54, 1.807) is 13.0 Å². The van der Waals surface area contributed by atoms with E-state index in [9.17, 15) is 29.4 Å². The van der Waals surface area contributed by atoms with E-state index in [2.05, 4.69) is 5.16 Å². The van der Waals surface area contributed by atoms with Crippen molar-refractivity contribution in [2.24, 2.45) is 28.8 Å². The van der Waals surface area contributed by atoms with E-state index in [-0.39, 0.29) is 84.3 Å². The number of aliphatic hydroxyl groups excluding tert-OH is 1. The van der Waals surface area contributed by atoms with Crippen molar-refractivity contribution >= 4 is 29.2 Å². The van der Waals surface area contributed by atoms with Crippen LogP contribution >= 0.6 is 0 Å². The van der Waals surface area contributed by atoms with Gasteiger partial charge in [0.25, 0.3) is 0 Å². The fourth-order valence-electron chi connectivity index (χ4n) is 5.30. The fourth-order valence-corrected chi connectivity index (χ4v) is 5.30. The second-order valence-corrected chi connectivity index (χ2v) is 10.6. The molecular formula is C30H38NNaO8. The first-order valence-electron chi connectivity index (χ1n) is 13.7. The molecule has 1 aromatic rings. The van der Waals surface area contributed by atoms with Crippen molar-refractivity contribution in [3.05, 3.63) is 47.5 Å². The van der Waals surface area contributed by atoms with E-state index >= 15 is 0 Å². The number of allylic oxidation sites excluding steroid dienone is 1. The van der Waals surface area contributed by atoms with Gasteiger partial charge in [0.05, 0.1) is 17.7 Å². The van der Waals surface area contributed by atoms with Gasteiger partial charge in [0, 0.05) is 37.1 Å². The number of Topliss-reactive ketones (excluding diaryl/α,β-unsaturated/α-hetero) is 1. The molecule has 0 saturated heterocycles. The molecule has 3 rings (SSSR count). The van der Waals surface area contributed by atoms with Crippen LogP contribution < -0.4 is 34.7 Å². The first kappa shape index (κ1) is 33.9. The molecule has 0 aromatic heterocycles. The molecule has 40 heavy (non-hydrogen) atoms. The van der Waals surface area contributed by atoms with E-state index in [1.807, 2.05) is 44.2 Å². The number of carbonyl (C=O) groups excluding carboxylic acids is 4. The van der Waals surface area contributed by atoms with Crippen LogP contribution in [0.1, 0.15) is 71.3 Å². The van der Waals surface area contributed by atoms with Gasteiger partial charge in [0.15, 0.2) is 5.78 Å². The van der Waals surface area contributed by atoms with Crippen molar-refractivity contribution in [2.75, 3.05) is 0 Å². The Morgan fingerprint density at radius 3 is 2.52 bits per heavy atom. The summed E-state index contributed by atoms with van der Waals surface area (Å²) in [5.41, 5.74) is 2.26. The minimum atomic E-state index is -1.42. The molecule has 2 aliphatic rings. The van der Waals surface area contributed by atoms with Gasteiger partial charge in [-0.3, -0.25) is 14.4 Å². The van der Waals surface area contributed by atoms with Crippen LogP contribution in [0.15, 0.2) is 47.1 Å². The van der Waals surface area contributed by atoms with Crippen LogP contribution in [-0.4, -0.2) is 46.5 Å². The predicted molar refractivity (Wildman–Crippen MR) is 141 cm³/mol. The van der Waals surface area contributed by atoms with Gasteiger partial charge < -0.3 is 24.6 Å². The summed E-state index contributed by atoms with van der Waals surface area (Å²) in [7, 11) is 0. The number of nitrogens with zero attached hydrogens (tertiary/aromatic N) is 1. The quantitative estimate of drug-likeness (QED) is 0.200. The Kier molecular flexibility index (Phi) is 13.7. The Labute approximate surface area is 257 Å². The average molecular weight is 564 g/mol. The summed E-state index contributed by atoms with van der Waals surface area (Å²) in [6, 6.07) is 9.58. The number of carbonyl (C=O) groups is 4. The van der Waals surface area contributed by atoms with Crippen LogP contribution in [0.25, 0.3) is 0 Å². The number of aliphatic hydroxyl groups is 1. The number of aliphatic carboxylic acids is 1. The number of carboxylic acid groups (broad SMARTS) is 1. The maximum Gasteiger partial charge on any atom is 1.00 e. The SMILES string of the molecule is CCC(C)C(=O)OC1CC/C(=N/OCc2ccccc2)C2=CC(=O)C(C)C(CCC(=O)CC(O)CC(=O)[O-])C21.[Na+]. The number of hydrogen-bond acceptors (Lipinski definition) is 9. The van der Waals surface area contributed by atoms with Crippen molar-refractivity contribution in [2.45, 2.75) is 84.5 Å². The van der Waals surface area contributed by atoms with Crippen LogP contribution in [0.3, 0.4) is 0 Å². The number of ether oxygens (including phenoxy) is 1. The summed E-state index contributed by atoms with van der Waals surface area (Å²) < 4.78 is 5.98. The molecule has 0 spiro atoms. The molecule has 0 heterocycles. The van der Waals surface area contributed by atoms with Crippen LogP contribution in [0.2, 0.25) is 0 Å². The molecule has 0 amide bonds. The standard InChI is InChI=1S/C30H39NO8.Na/c1-4-18(2)30(37)39-27-13-12-25(31-38-17-20-8-6-5-7-9-20)24-16-26(34)19(3)23(29(24)27)11-10-21(32)14-22(33)15-28(35)36;/h5-9,16,18-19,22-23,27,29,33H,4,10-15,17H2,1-3H3,(H,35,36);/q;+1/p-1/b31-25-;. The third-order valence-corrected chi connectivity index (χ3v) is 7.76. The van der Waals surface area contributed by atoms with Gasteiger partial charge in [0.2, 0.25) is 0 Å². The zero-order chi connectivity index (χ0) is 28.5. The smallest absolute Gasteiger partial charge is 0.550 e. The summed E-state index contributed by atoms with van der Waals surface area (Å²) in [4.78, 5) is 54.7. The summed E-state index contributed by atoms with van der Waals surface area (Å²) in [5, 5.41) is 24.9. The van der Waals surface area contributed by atoms with Gasteiger partial charge in [0.1, 0.15) is 18.5 Å². The number of ketones is 2. The zero-order valence-corrected chi connectivity index (χ0v) is 25.8. The molecule has 6 atom stereocenters. The summed E-state index contributed by atoms with van der Waals surface area (Å²) in [5.74, 6) is -3.47. The molecule has 0 bridgehead atoms. The molecule has 1 fully saturated rings. The monoisotopic (exact) mass is 563 g/mol. The molecule has 10 heteroatoms. The summed E-state index contributed by atoms with van der Waals surface area (Å²) in [6.45, 7) is 5.80. The van der Waals surface area contributed by atoms with Gasteiger partial charge in [-0.1, -0.05) is 56.3 Å². The fraction of sp³-hybridized carbons (Fsp3) is 0.567. The van der Waals surface area contributed by atoms with Crippen LogP contribution in [-0.2, 0) is 35.4 Å². The first-order valence-corrected chi connectivity index (χ1v) is 13.7. The Hall–Kier alpha value is -2.33. The molecule has 9 nitrogen and oxygen atoms in total. The third-order valence-electron chi connectivity index (χ3n) is 7.76. The van der Waals surface area contributed by atoms with E-state index < -0.39 is 30.5 Å². The van der Waals surface area contributed by atoms with Crippen molar-refractivity contribution < 1.29 is 68.5 Å². The first-order chi connectivity index (χ1) is 18.6. The minimum absolute atomic E-state index is 0. The number of fused-ring (bicyclic) bond motifs is 1. The third kappa shape index (κ3) is 9.36. The topological polar surface area (TPSA) is 142 Å². The second kappa shape index (κ2) is 16.2. The second-order valence-electron chi connectivity index (χ2n) is 10.6. The normalized spacial score (nSPS) is 24.6. The maximum absolute atomic E-state index is 13.1. The number of esters is 1. The van der Waals surface area contributed by atoms with Crippen LogP contribution in [0.4, 0.5) is 0 Å². The molecule has 0 radical (unpaired) electrons. The number of carboxylic acids is 1. The van der Waals surface area contributed by atoms with Gasteiger partial charge in [-0.2, -0.15) is 0 Å². The van der Waals surface area contributed by atoms with Gasteiger partial charge >= 0.3 is 35.5 Å². The van der Waals surface area contributed by atoms with E-state index in [1.165, 1.54) is 0 Å². The minimum Gasteiger partial charge on any atom is -0.550 e. The predicted octanol–water partition coefficient (Wildman–Crippen LogP) is -0.0672. The Bertz CT molecular complexity index is 1100. The molecule has 2 aliphatic carbocycles. The number of benzene rings is 1. The van der Waals surface area contributed by atoms with Crippen molar-refractivity contribution in [1.29, 1.82) is 0 Å². The van der Waals surface area contributed by atoms with Crippen molar-refractivity contribution in [3.8, 4) is 0 Å². The summed E-state index contributed by atoms with van der Waals surface area (Å²) in [6.07, 6.45) is 0.851. The largest absolute Gasteiger partial charge is 1.00 e. The number of oxime groups is 1. The molecular weight excluding hydrogens is 525 g/mol. The van der Waals surface area contributed by atoms with E-state index in [0.29, 0.717) is 37.0 Å². The molecule has 1 aromatic carbocycles. The Balaban J connectivity index is 0.00000560. The summed E-state index contributed by atoms with van der Waals surface area (Å²) >= 11 is 0. The van der Waals surface area contributed by atoms with Crippen molar-refractivity contribution in [3.63, 3.8) is 0 Å². The van der Waals surface area contributed by atoms with Gasteiger partial charge in [-0.15, -0.1) is 0 Å².